The van der Waals surface area contributed by atoms with Crippen molar-refractivity contribution in [1.29, 1.82) is 0 Å². The molecular weight excluding hydrogens is 312 g/mol. The average Bonchev–Trinajstić information content (AvgIpc) is 2.67. The van der Waals surface area contributed by atoms with E-state index in [1.165, 1.54) is 0 Å². The van der Waals surface area contributed by atoms with E-state index in [0.29, 0.717) is 13.2 Å². The molecule has 0 spiro atoms. The van der Waals surface area contributed by atoms with Gasteiger partial charge >= 0.3 is 0 Å². The third-order valence-corrected chi connectivity index (χ3v) is 4.01. The number of hydrogen-bond acceptors (Lipinski definition) is 3. The van der Waals surface area contributed by atoms with Gasteiger partial charge in [0.15, 0.2) is 5.79 Å². The molecule has 0 radical (unpaired) electrons. The Balaban J connectivity index is 2.41. The molecule has 5 heteroatoms. The van der Waals surface area contributed by atoms with Gasteiger partial charge in [-0.2, -0.15) is 0 Å². The Morgan fingerprint density at radius 3 is 2.39 bits per heavy atom. The van der Waals surface area contributed by atoms with E-state index in [1.54, 1.807) is 0 Å². The Labute approximate surface area is 118 Å². The molecule has 1 saturated heterocycles. The molecular formula is C13H19BrO3Si. The highest BCUT2D eigenvalue weighted by atomic mass is 79.9. The Morgan fingerprint density at radius 1 is 1.22 bits per heavy atom. The maximum Gasteiger partial charge on any atom is 0.242 e. The second-order valence-corrected chi connectivity index (χ2v) is 10.8. The third-order valence-electron chi connectivity index (χ3n) is 2.69. The van der Waals surface area contributed by atoms with Crippen molar-refractivity contribution in [1.82, 2.24) is 0 Å². The van der Waals surface area contributed by atoms with Crippen LogP contribution in [0, 0.1) is 0 Å². The minimum Gasteiger partial charge on any atom is -0.544 e. The molecule has 0 saturated carbocycles. The van der Waals surface area contributed by atoms with Gasteiger partial charge in [-0.3, -0.25) is 0 Å². The van der Waals surface area contributed by atoms with E-state index in [2.05, 4.69) is 35.6 Å². The van der Waals surface area contributed by atoms with Crippen LogP contribution in [0.2, 0.25) is 19.6 Å². The van der Waals surface area contributed by atoms with Crippen molar-refractivity contribution in [2.75, 3.05) is 13.2 Å². The van der Waals surface area contributed by atoms with Crippen LogP contribution in [0.5, 0.6) is 5.75 Å². The first-order valence-electron chi connectivity index (χ1n) is 6.07. The van der Waals surface area contributed by atoms with E-state index in [9.17, 15) is 0 Å². The van der Waals surface area contributed by atoms with Crippen LogP contribution < -0.4 is 4.43 Å². The van der Waals surface area contributed by atoms with E-state index < -0.39 is 14.1 Å². The molecule has 1 aliphatic rings. The maximum atomic E-state index is 6.12. The van der Waals surface area contributed by atoms with Crippen LogP contribution in [0.25, 0.3) is 0 Å². The lowest BCUT2D eigenvalue weighted by atomic mass is 10.1. The predicted molar refractivity (Wildman–Crippen MR) is 77.4 cm³/mol. The van der Waals surface area contributed by atoms with Crippen molar-refractivity contribution in [2.45, 2.75) is 32.4 Å². The summed E-state index contributed by atoms with van der Waals surface area (Å²) in [6.45, 7) is 9.68. The van der Waals surface area contributed by atoms with Gasteiger partial charge in [-0.15, -0.1) is 0 Å². The summed E-state index contributed by atoms with van der Waals surface area (Å²) in [7, 11) is -1.66. The number of benzene rings is 1. The van der Waals surface area contributed by atoms with Crippen molar-refractivity contribution in [3.63, 3.8) is 0 Å². The van der Waals surface area contributed by atoms with Crippen molar-refractivity contribution in [3.8, 4) is 5.75 Å². The highest BCUT2D eigenvalue weighted by Crippen LogP contribution is 2.39. The fourth-order valence-electron chi connectivity index (χ4n) is 1.95. The van der Waals surface area contributed by atoms with Crippen LogP contribution in [-0.2, 0) is 15.3 Å². The molecule has 18 heavy (non-hydrogen) atoms. The minimum absolute atomic E-state index is 0.620. The summed E-state index contributed by atoms with van der Waals surface area (Å²) in [5, 5.41) is 0. The van der Waals surface area contributed by atoms with Gasteiger partial charge < -0.3 is 13.9 Å². The van der Waals surface area contributed by atoms with Gasteiger partial charge in [0, 0.05) is 4.47 Å². The van der Waals surface area contributed by atoms with Gasteiger partial charge in [0.2, 0.25) is 8.32 Å². The average molecular weight is 331 g/mol. The first kappa shape index (κ1) is 14.1. The van der Waals surface area contributed by atoms with E-state index in [0.717, 1.165) is 15.8 Å². The summed E-state index contributed by atoms with van der Waals surface area (Å²) in [6, 6.07) is 5.98. The molecule has 0 amide bonds. The van der Waals surface area contributed by atoms with Crippen LogP contribution in [0.4, 0.5) is 0 Å². The van der Waals surface area contributed by atoms with E-state index in [1.807, 2.05) is 25.1 Å². The standard InChI is InChI=1S/C13H19BrO3Si/c1-13(15-7-8-16-13)11-9-10(14)5-6-12(11)17-18(2,3)4/h5-6,9H,7-8H2,1-4H3. The molecule has 1 aromatic carbocycles. The molecule has 0 bridgehead atoms. The summed E-state index contributed by atoms with van der Waals surface area (Å²) in [5.41, 5.74) is 0.955. The highest BCUT2D eigenvalue weighted by molar-refractivity contribution is 9.10. The summed E-state index contributed by atoms with van der Waals surface area (Å²) < 4.78 is 18.6. The second-order valence-electron chi connectivity index (χ2n) is 5.50. The molecule has 0 aromatic heterocycles. The number of rotatable bonds is 3. The molecule has 1 fully saturated rings. The second kappa shape index (κ2) is 4.96. The number of halogens is 1. The van der Waals surface area contributed by atoms with E-state index in [4.69, 9.17) is 13.9 Å². The topological polar surface area (TPSA) is 27.7 Å². The van der Waals surface area contributed by atoms with Crippen LogP contribution >= 0.6 is 15.9 Å². The Bertz CT molecular complexity index is 436. The SMILES string of the molecule is CC1(c2cc(Br)ccc2O[Si](C)(C)C)OCCO1. The highest BCUT2D eigenvalue weighted by Gasteiger charge is 2.36. The molecule has 0 aliphatic carbocycles. The maximum absolute atomic E-state index is 6.12. The smallest absolute Gasteiger partial charge is 0.242 e. The molecule has 1 aliphatic heterocycles. The van der Waals surface area contributed by atoms with Gasteiger partial charge in [-0.05, 0) is 44.8 Å². The molecule has 100 valence electrons. The summed E-state index contributed by atoms with van der Waals surface area (Å²) >= 11 is 3.49. The van der Waals surface area contributed by atoms with Gasteiger partial charge in [0.25, 0.3) is 0 Å². The summed E-state index contributed by atoms with van der Waals surface area (Å²) in [5.74, 6) is 0.167. The van der Waals surface area contributed by atoms with Crippen molar-refractivity contribution in [2.24, 2.45) is 0 Å². The monoisotopic (exact) mass is 330 g/mol. The van der Waals surface area contributed by atoms with Crippen LogP contribution in [-0.4, -0.2) is 21.5 Å². The predicted octanol–water partition coefficient (Wildman–Crippen LogP) is 3.88. The molecule has 1 heterocycles. The Morgan fingerprint density at radius 2 is 1.83 bits per heavy atom. The van der Waals surface area contributed by atoms with Gasteiger partial charge in [-0.25, -0.2) is 0 Å². The van der Waals surface area contributed by atoms with E-state index in [-0.39, 0.29) is 0 Å². The fraction of sp³-hybridized carbons (Fsp3) is 0.538. The molecule has 2 rings (SSSR count). The fourth-order valence-corrected chi connectivity index (χ4v) is 3.14. The van der Waals surface area contributed by atoms with Crippen molar-refractivity contribution in [3.05, 3.63) is 28.2 Å². The third kappa shape index (κ3) is 3.15. The molecule has 1 aromatic rings. The lowest BCUT2D eigenvalue weighted by molar-refractivity contribution is -0.150. The zero-order valence-corrected chi connectivity index (χ0v) is 13.8. The first-order valence-corrected chi connectivity index (χ1v) is 10.3. The lowest BCUT2D eigenvalue weighted by Gasteiger charge is -2.28. The zero-order valence-electron chi connectivity index (χ0n) is 11.2. The lowest BCUT2D eigenvalue weighted by Crippen LogP contribution is -2.32. The largest absolute Gasteiger partial charge is 0.544 e. The summed E-state index contributed by atoms with van der Waals surface area (Å²) in [6.07, 6.45) is 0. The molecule has 3 nitrogen and oxygen atoms in total. The van der Waals surface area contributed by atoms with Crippen LogP contribution in [0.3, 0.4) is 0 Å². The van der Waals surface area contributed by atoms with Crippen molar-refractivity contribution < 1.29 is 13.9 Å². The van der Waals surface area contributed by atoms with Crippen LogP contribution in [0.1, 0.15) is 12.5 Å². The quantitative estimate of drug-likeness (QED) is 0.787. The normalized spacial score (nSPS) is 18.9. The minimum atomic E-state index is -1.66. The first-order chi connectivity index (χ1) is 8.30. The Kier molecular flexibility index (Phi) is 3.87. The van der Waals surface area contributed by atoms with E-state index >= 15 is 0 Å². The van der Waals surface area contributed by atoms with Gasteiger partial charge in [0.1, 0.15) is 5.75 Å². The summed E-state index contributed by atoms with van der Waals surface area (Å²) in [4.78, 5) is 0. The molecule has 0 unspecified atom stereocenters. The number of hydrogen-bond donors (Lipinski definition) is 0. The van der Waals surface area contributed by atoms with Crippen LogP contribution in [0.15, 0.2) is 22.7 Å². The van der Waals surface area contributed by atoms with Crippen molar-refractivity contribution >= 4 is 24.2 Å². The molecule has 0 atom stereocenters. The van der Waals surface area contributed by atoms with Gasteiger partial charge in [-0.1, -0.05) is 15.9 Å². The van der Waals surface area contributed by atoms with Gasteiger partial charge in [0.05, 0.1) is 18.8 Å². The zero-order chi connectivity index (χ0) is 13.4. The molecule has 0 N–H and O–H groups in total. The Hall–Kier alpha value is -0.363. The number of ether oxygens (including phenoxy) is 2.